The van der Waals surface area contributed by atoms with E-state index >= 15 is 0 Å². The average Bonchev–Trinajstić information content (AvgIpc) is 2.74. The number of methoxy groups -OCH3 is 2. The number of hydrogen-bond acceptors (Lipinski definition) is 5. The van der Waals surface area contributed by atoms with Crippen LogP contribution in [-0.4, -0.2) is 38.5 Å². The highest BCUT2D eigenvalue weighted by atomic mass is 16.5. The van der Waals surface area contributed by atoms with Crippen LogP contribution in [0.5, 0.6) is 5.75 Å². The minimum Gasteiger partial charge on any atom is -0.496 e. The molecule has 0 aliphatic carbocycles. The summed E-state index contributed by atoms with van der Waals surface area (Å²) in [5, 5.41) is 0. The number of rotatable bonds is 6. The Bertz CT molecular complexity index is 994. The molecule has 2 aromatic rings. The number of benzene rings is 2. The largest absolute Gasteiger partial charge is 0.496 e. The van der Waals surface area contributed by atoms with Crippen LogP contribution in [0, 0.1) is 6.92 Å². The molecule has 5 heteroatoms. The van der Waals surface area contributed by atoms with Crippen LogP contribution in [0.25, 0.3) is 0 Å². The van der Waals surface area contributed by atoms with Crippen LogP contribution in [0.1, 0.15) is 73.5 Å². The minimum absolute atomic E-state index is 0.106. The van der Waals surface area contributed by atoms with Gasteiger partial charge in [0.15, 0.2) is 0 Å². The average molecular weight is 423 g/mol. The zero-order valence-electron chi connectivity index (χ0n) is 19.8. The second-order valence-electron chi connectivity index (χ2n) is 8.92. The van der Waals surface area contributed by atoms with Crippen LogP contribution in [0.2, 0.25) is 0 Å². The summed E-state index contributed by atoms with van der Waals surface area (Å²) >= 11 is 0. The number of fused-ring (bicyclic) bond motifs is 1. The first-order chi connectivity index (χ1) is 14.7. The lowest BCUT2D eigenvalue weighted by Crippen LogP contribution is -2.48. The van der Waals surface area contributed by atoms with E-state index in [1.807, 2.05) is 25.3 Å². The van der Waals surface area contributed by atoms with Gasteiger partial charge in [-0.05, 0) is 68.9 Å². The van der Waals surface area contributed by atoms with Crippen molar-refractivity contribution in [2.24, 2.45) is 4.99 Å². The second kappa shape index (κ2) is 9.13. The van der Waals surface area contributed by atoms with Gasteiger partial charge in [0.2, 0.25) is 0 Å². The Hall–Kier alpha value is -2.82. The third-order valence-electron chi connectivity index (χ3n) is 6.24. The molecule has 0 saturated heterocycles. The Labute approximate surface area is 186 Å². The van der Waals surface area contributed by atoms with Gasteiger partial charge in [-0.25, -0.2) is 4.79 Å². The molecule has 1 atom stereocenters. The van der Waals surface area contributed by atoms with E-state index in [0.29, 0.717) is 11.5 Å². The summed E-state index contributed by atoms with van der Waals surface area (Å²) < 4.78 is 10.6. The number of anilines is 1. The summed E-state index contributed by atoms with van der Waals surface area (Å²) in [4.78, 5) is 19.2. The van der Waals surface area contributed by atoms with Gasteiger partial charge in [-0.1, -0.05) is 19.9 Å². The molecule has 1 heterocycles. The molecule has 1 aliphatic rings. The highest BCUT2D eigenvalue weighted by molar-refractivity contribution is 5.93. The molecule has 1 unspecified atom stereocenters. The molecule has 3 rings (SSSR count). The number of hydrogen-bond donors (Lipinski definition) is 0. The topological polar surface area (TPSA) is 51.1 Å². The van der Waals surface area contributed by atoms with Crippen LogP contribution in [0.4, 0.5) is 11.4 Å². The first-order valence-corrected chi connectivity index (χ1v) is 10.9. The van der Waals surface area contributed by atoms with Crippen molar-refractivity contribution in [3.05, 3.63) is 52.6 Å². The van der Waals surface area contributed by atoms with Crippen molar-refractivity contribution in [3.8, 4) is 5.75 Å². The van der Waals surface area contributed by atoms with E-state index in [9.17, 15) is 4.79 Å². The lowest BCUT2D eigenvalue weighted by molar-refractivity contribution is 0.0600. The summed E-state index contributed by atoms with van der Waals surface area (Å²) in [6.45, 7) is 12.1. The zero-order valence-corrected chi connectivity index (χ0v) is 19.8. The number of nitrogens with zero attached hydrogens (tertiary/aromatic N) is 2. The molecule has 1 aliphatic heterocycles. The molecule has 31 heavy (non-hydrogen) atoms. The molecular formula is C26H34N2O3. The maximum Gasteiger partial charge on any atom is 0.338 e. The Morgan fingerprint density at radius 3 is 2.68 bits per heavy atom. The van der Waals surface area contributed by atoms with E-state index in [1.54, 1.807) is 13.2 Å². The molecule has 0 N–H and O–H groups in total. The van der Waals surface area contributed by atoms with Crippen LogP contribution in [-0.2, 0) is 4.74 Å². The second-order valence-corrected chi connectivity index (χ2v) is 8.92. The van der Waals surface area contributed by atoms with Crippen molar-refractivity contribution in [1.29, 1.82) is 0 Å². The van der Waals surface area contributed by atoms with Gasteiger partial charge >= 0.3 is 5.97 Å². The van der Waals surface area contributed by atoms with Crippen LogP contribution >= 0.6 is 0 Å². The van der Waals surface area contributed by atoms with Crippen molar-refractivity contribution in [2.45, 2.75) is 58.9 Å². The molecule has 2 aromatic carbocycles. The van der Waals surface area contributed by atoms with Gasteiger partial charge < -0.3 is 14.4 Å². The van der Waals surface area contributed by atoms with E-state index in [0.717, 1.165) is 42.0 Å². The fraction of sp³-hybridized carbons (Fsp3) is 0.462. The highest BCUT2D eigenvalue weighted by Crippen LogP contribution is 2.45. The molecule has 0 fully saturated rings. The molecule has 0 amide bonds. The van der Waals surface area contributed by atoms with Gasteiger partial charge in [-0.2, -0.15) is 0 Å². The Morgan fingerprint density at radius 2 is 2.03 bits per heavy atom. The molecule has 0 aromatic heterocycles. The molecule has 0 spiro atoms. The predicted octanol–water partition coefficient (Wildman–Crippen LogP) is 6.04. The standard InChI is InChI=1S/C26H34N2O3/c1-8-12-28-23-14-24(30-6)19(13-21(23)17(2)15-26(28,4)5)16-27-22-11-9-10-20(18(22)3)25(29)31-7/h9-11,13-14,16-17H,8,12,15H2,1-7H3. The number of carbonyl (C=O) groups excluding carboxylic acids is 1. The summed E-state index contributed by atoms with van der Waals surface area (Å²) in [5.41, 5.74) is 5.69. The lowest BCUT2D eigenvalue weighted by Gasteiger charge is -2.47. The third kappa shape index (κ3) is 4.46. The fourth-order valence-electron chi connectivity index (χ4n) is 4.69. The maximum absolute atomic E-state index is 12.0. The van der Waals surface area contributed by atoms with E-state index in [-0.39, 0.29) is 11.5 Å². The van der Waals surface area contributed by atoms with Crippen molar-refractivity contribution >= 4 is 23.6 Å². The van der Waals surface area contributed by atoms with Crippen LogP contribution in [0.15, 0.2) is 35.3 Å². The Morgan fingerprint density at radius 1 is 1.29 bits per heavy atom. The van der Waals surface area contributed by atoms with Gasteiger partial charge in [0.1, 0.15) is 5.75 Å². The minimum atomic E-state index is -0.353. The summed E-state index contributed by atoms with van der Waals surface area (Å²) in [7, 11) is 3.09. The number of aliphatic imine (C=N–C) groups is 1. The normalized spacial score (nSPS) is 17.5. The number of carbonyl (C=O) groups is 1. The summed E-state index contributed by atoms with van der Waals surface area (Å²) in [6.07, 6.45) is 4.03. The van der Waals surface area contributed by atoms with Gasteiger partial charge in [-0.3, -0.25) is 4.99 Å². The maximum atomic E-state index is 12.0. The van der Waals surface area contributed by atoms with Crippen LogP contribution < -0.4 is 9.64 Å². The van der Waals surface area contributed by atoms with Crippen molar-refractivity contribution < 1.29 is 14.3 Å². The van der Waals surface area contributed by atoms with E-state index in [1.165, 1.54) is 18.4 Å². The van der Waals surface area contributed by atoms with E-state index < -0.39 is 0 Å². The van der Waals surface area contributed by atoms with E-state index in [2.05, 4.69) is 44.7 Å². The first kappa shape index (κ1) is 22.9. The Kier molecular flexibility index (Phi) is 6.73. The lowest BCUT2D eigenvalue weighted by atomic mass is 9.79. The first-order valence-electron chi connectivity index (χ1n) is 10.9. The molecule has 166 valence electrons. The molecule has 0 saturated carbocycles. The third-order valence-corrected chi connectivity index (χ3v) is 6.24. The fourth-order valence-corrected chi connectivity index (χ4v) is 4.69. The SMILES string of the molecule is CCCN1c2cc(OC)c(C=Nc3cccc(C(=O)OC)c3C)cc2C(C)CC1(C)C. The Balaban J connectivity index is 2.05. The zero-order chi connectivity index (χ0) is 22.8. The summed E-state index contributed by atoms with van der Waals surface area (Å²) in [5.74, 6) is 0.893. The highest BCUT2D eigenvalue weighted by Gasteiger charge is 2.36. The molecule has 5 nitrogen and oxygen atoms in total. The number of ether oxygens (including phenoxy) is 2. The van der Waals surface area contributed by atoms with Gasteiger partial charge in [0.25, 0.3) is 0 Å². The van der Waals surface area contributed by atoms with Crippen molar-refractivity contribution in [1.82, 2.24) is 0 Å². The van der Waals surface area contributed by atoms with Crippen molar-refractivity contribution in [3.63, 3.8) is 0 Å². The van der Waals surface area contributed by atoms with E-state index in [4.69, 9.17) is 14.5 Å². The smallest absolute Gasteiger partial charge is 0.338 e. The quantitative estimate of drug-likeness (QED) is 0.420. The summed E-state index contributed by atoms with van der Waals surface area (Å²) in [6, 6.07) is 9.84. The molecular weight excluding hydrogens is 388 g/mol. The number of esters is 1. The predicted molar refractivity (Wildman–Crippen MR) is 128 cm³/mol. The van der Waals surface area contributed by atoms with Crippen molar-refractivity contribution in [2.75, 3.05) is 25.7 Å². The van der Waals surface area contributed by atoms with Crippen LogP contribution in [0.3, 0.4) is 0 Å². The molecule has 0 radical (unpaired) electrons. The monoisotopic (exact) mass is 422 g/mol. The van der Waals surface area contributed by atoms with Gasteiger partial charge in [-0.15, -0.1) is 0 Å². The molecule has 0 bridgehead atoms. The van der Waals surface area contributed by atoms with Gasteiger partial charge in [0.05, 0.1) is 25.5 Å². The van der Waals surface area contributed by atoms with Gasteiger partial charge in [0, 0.05) is 35.6 Å².